The third-order valence-corrected chi connectivity index (χ3v) is 3.47. The van der Waals surface area contributed by atoms with E-state index in [-0.39, 0.29) is 5.78 Å². The second-order valence-corrected chi connectivity index (χ2v) is 4.89. The lowest BCUT2D eigenvalue weighted by atomic mass is 10.1. The number of thiophene rings is 1. The number of rotatable bonds is 3. The Morgan fingerprint density at radius 1 is 1.50 bits per heavy atom. The molecule has 0 aliphatic rings. The van der Waals surface area contributed by atoms with Gasteiger partial charge in [-0.3, -0.25) is 9.59 Å². The topological polar surface area (TPSA) is 39.1 Å². The zero-order chi connectivity index (χ0) is 11.7. The van der Waals surface area contributed by atoms with Crippen molar-refractivity contribution in [3.63, 3.8) is 0 Å². The molecule has 0 radical (unpaired) electrons. The van der Waals surface area contributed by atoms with Crippen LogP contribution in [0.5, 0.6) is 0 Å². The van der Waals surface area contributed by atoms with Crippen LogP contribution in [0.1, 0.15) is 30.5 Å². The van der Waals surface area contributed by atoms with Gasteiger partial charge in [0.2, 0.25) is 5.78 Å². The minimum Gasteiger partial charge on any atom is -0.357 e. The maximum Gasteiger partial charge on any atom is 0.204 e. The number of carbonyl (C=O) groups excluding carboxylic acids is 2. The number of aromatic nitrogens is 1. The van der Waals surface area contributed by atoms with E-state index < -0.39 is 0 Å². The summed E-state index contributed by atoms with van der Waals surface area (Å²) in [7, 11) is 1.87. The first-order valence-corrected chi connectivity index (χ1v) is 5.65. The van der Waals surface area contributed by atoms with E-state index in [1.807, 2.05) is 24.7 Å². The molecule has 82 valence electrons. The maximum absolute atomic E-state index is 12.0. The van der Waals surface area contributed by atoms with Gasteiger partial charge in [0.1, 0.15) is 0 Å². The van der Waals surface area contributed by atoms with Gasteiger partial charge in [0.25, 0.3) is 0 Å². The Morgan fingerprint density at radius 2 is 2.25 bits per heavy atom. The van der Waals surface area contributed by atoms with E-state index in [1.165, 1.54) is 11.3 Å². The molecule has 0 saturated heterocycles. The second kappa shape index (κ2) is 4.06. The molecule has 0 bridgehead atoms. The molecule has 0 saturated carbocycles. The number of hydrogen-bond acceptors (Lipinski definition) is 3. The largest absolute Gasteiger partial charge is 0.357 e. The molecule has 3 nitrogen and oxygen atoms in total. The monoisotopic (exact) mass is 233 g/mol. The molecule has 2 aromatic rings. The van der Waals surface area contributed by atoms with Crippen molar-refractivity contribution in [2.75, 3.05) is 0 Å². The first-order chi connectivity index (χ1) is 7.61. The summed E-state index contributed by atoms with van der Waals surface area (Å²) in [5.74, 6) is -0.0261. The van der Waals surface area contributed by atoms with Crippen LogP contribution >= 0.6 is 11.3 Å². The Morgan fingerprint density at radius 3 is 2.75 bits per heavy atom. The van der Waals surface area contributed by atoms with Crippen LogP contribution in [0.15, 0.2) is 24.5 Å². The molecule has 0 fully saturated rings. The molecule has 0 aromatic carbocycles. The molecular weight excluding hydrogens is 222 g/mol. The minimum absolute atomic E-state index is 0.0261. The third-order valence-electron chi connectivity index (χ3n) is 2.40. The molecule has 16 heavy (non-hydrogen) atoms. The normalized spacial score (nSPS) is 10.4. The fourth-order valence-electron chi connectivity index (χ4n) is 1.50. The summed E-state index contributed by atoms with van der Waals surface area (Å²) in [4.78, 5) is 24.2. The summed E-state index contributed by atoms with van der Waals surface area (Å²) in [6, 6.07) is 3.43. The highest BCUT2D eigenvalue weighted by molar-refractivity contribution is 7.14. The SMILES string of the molecule is Cc1sc(C(=O)c2ccn(C)c2)cc1C=O. The molecule has 0 aliphatic carbocycles. The summed E-state index contributed by atoms with van der Waals surface area (Å²) >= 11 is 1.36. The van der Waals surface area contributed by atoms with Gasteiger partial charge in [0, 0.05) is 35.4 Å². The number of ketones is 1. The molecule has 0 spiro atoms. The second-order valence-electron chi connectivity index (χ2n) is 3.63. The van der Waals surface area contributed by atoms with Crippen LogP contribution < -0.4 is 0 Å². The highest BCUT2D eigenvalue weighted by Crippen LogP contribution is 2.22. The van der Waals surface area contributed by atoms with Crippen LogP contribution in [-0.4, -0.2) is 16.6 Å². The van der Waals surface area contributed by atoms with Crippen molar-refractivity contribution in [3.05, 3.63) is 45.4 Å². The van der Waals surface area contributed by atoms with Crippen LogP contribution in [0.3, 0.4) is 0 Å². The predicted molar refractivity (Wildman–Crippen MR) is 63.3 cm³/mol. The molecule has 0 N–H and O–H groups in total. The van der Waals surface area contributed by atoms with Gasteiger partial charge in [0.05, 0.1) is 4.88 Å². The Balaban J connectivity index is 2.37. The Bertz CT molecular complexity index is 551. The molecule has 2 heterocycles. The van der Waals surface area contributed by atoms with Crippen LogP contribution in [0.25, 0.3) is 0 Å². The van der Waals surface area contributed by atoms with Crippen molar-refractivity contribution in [1.29, 1.82) is 0 Å². The van der Waals surface area contributed by atoms with Crippen LogP contribution in [0.4, 0.5) is 0 Å². The fraction of sp³-hybridized carbons (Fsp3) is 0.167. The van der Waals surface area contributed by atoms with Crippen LogP contribution in [0, 0.1) is 6.92 Å². The third kappa shape index (κ3) is 1.84. The highest BCUT2D eigenvalue weighted by Gasteiger charge is 2.14. The van der Waals surface area contributed by atoms with Gasteiger partial charge in [-0.25, -0.2) is 0 Å². The number of aryl methyl sites for hydroxylation is 2. The standard InChI is InChI=1S/C12H11NO2S/c1-8-10(7-14)5-11(16-8)12(15)9-3-4-13(2)6-9/h3-7H,1-2H3. The quantitative estimate of drug-likeness (QED) is 0.603. The lowest BCUT2D eigenvalue weighted by Crippen LogP contribution is -1.96. The van der Waals surface area contributed by atoms with E-state index in [9.17, 15) is 9.59 Å². The first kappa shape index (κ1) is 10.8. The summed E-state index contributed by atoms with van der Waals surface area (Å²) in [5, 5.41) is 0. The molecule has 0 amide bonds. The Labute approximate surface area is 97.3 Å². The minimum atomic E-state index is -0.0261. The zero-order valence-electron chi connectivity index (χ0n) is 9.06. The summed E-state index contributed by atoms with van der Waals surface area (Å²) in [5.41, 5.74) is 1.26. The lowest BCUT2D eigenvalue weighted by molar-refractivity contribution is 0.104. The van der Waals surface area contributed by atoms with Crippen LogP contribution in [-0.2, 0) is 7.05 Å². The highest BCUT2D eigenvalue weighted by atomic mass is 32.1. The fourth-order valence-corrected chi connectivity index (χ4v) is 2.46. The van der Waals surface area contributed by atoms with Gasteiger partial charge >= 0.3 is 0 Å². The molecular formula is C12H11NO2S. The lowest BCUT2D eigenvalue weighted by Gasteiger charge is -1.92. The summed E-state index contributed by atoms with van der Waals surface area (Å²) in [6.45, 7) is 1.84. The van der Waals surface area contributed by atoms with E-state index in [4.69, 9.17) is 0 Å². The van der Waals surface area contributed by atoms with Gasteiger partial charge in [0.15, 0.2) is 6.29 Å². The van der Waals surface area contributed by atoms with Crippen LogP contribution in [0.2, 0.25) is 0 Å². The number of nitrogens with zero attached hydrogens (tertiary/aromatic N) is 1. The molecule has 0 unspecified atom stereocenters. The van der Waals surface area contributed by atoms with Gasteiger partial charge in [-0.1, -0.05) is 0 Å². The molecule has 4 heteroatoms. The molecule has 0 aliphatic heterocycles. The van der Waals surface area contributed by atoms with E-state index in [2.05, 4.69) is 0 Å². The summed E-state index contributed by atoms with van der Waals surface area (Å²) in [6.07, 6.45) is 4.39. The molecule has 2 rings (SSSR count). The van der Waals surface area contributed by atoms with Gasteiger partial charge < -0.3 is 4.57 Å². The number of carbonyl (C=O) groups is 2. The smallest absolute Gasteiger partial charge is 0.204 e. The average Bonchev–Trinajstić information content (AvgIpc) is 2.83. The van der Waals surface area contributed by atoms with Crippen molar-refractivity contribution in [3.8, 4) is 0 Å². The van der Waals surface area contributed by atoms with Crippen molar-refractivity contribution in [1.82, 2.24) is 4.57 Å². The first-order valence-electron chi connectivity index (χ1n) is 4.84. The van der Waals surface area contributed by atoms with Crippen molar-refractivity contribution < 1.29 is 9.59 Å². The van der Waals surface area contributed by atoms with Gasteiger partial charge in [-0.05, 0) is 19.1 Å². The van der Waals surface area contributed by atoms with E-state index >= 15 is 0 Å². The average molecular weight is 233 g/mol. The summed E-state index contributed by atoms with van der Waals surface area (Å²) < 4.78 is 1.83. The van der Waals surface area contributed by atoms with E-state index in [0.29, 0.717) is 16.0 Å². The maximum atomic E-state index is 12.0. The zero-order valence-corrected chi connectivity index (χ0v) is 9.88. The van der Waals surface area contributed by atoms with Gasteiger partial charge in [-0.15, -0.1) is 11.3 Å². The number of aldehydes is 1. The Hall–Kier alpha value is -1.68. The van der Waals surface area contributed by atoms with Crippen molar-refractivity contribution in [2.45, 2.75) is 6.92 Å². The van der Waals surface area contributed by atoms with E-state index in [0.717, 1.165) is 11.2 Å². The predicted octanol–water partition coefficient (Wildman–Crippen LogP) is 2.44. The van der Waals surface area contributed by atoms with Crippen molar-refractivity contribution in [2.24, 2.45) is 7.05 Å². The Kier molecular flexibility index (Phi) is 2.75. The van der Waals surface area contributed by atoms with Gasteiger partial charge in [-0.2, -0.15) is 0 Å². The molecule has 2 aromatic heterocycles. The van der Waals surface area contributed by atoms with E-state index in [1.54, 1.807) is 18.3 Å². The number of hydrogen-bond donors (Lipinski definition) is 0. The van der Waals surface area contributed by atoms with Crippen molar-refractivity contribution >= 4 is 23.4 Å². The molecule has 0 atom stereocenters.